The van der Waals surface area contributed by atoms with Gasteiger partial charge in [0.2, 0.25) is 0 Å². The highest BCUT2D eigenvalue weighted by Gasteiger charge is 2.24. The normalized spacial score (nSPS) is 19.6. The number of methoxy groups -OCH3 is 1. The van der Waals surface area contributed by atoms with Crippen LogP contribution in [0.1, 0.15) is 12.0 Å². The fraction of sp³-hybridized carbons (Fsp3) is 0.385. The Morgan fingerprint density at radius 1 is 1.47 bits per heavy atom. The molecule has 17 heavy (non-hydrogen) atoms. The number of ether oxygens (including phenoxy) is 2. The Morgan fingerprint density at radius 3 is 2.82 bits per heavy atom. The van der Waals surface area contributed by atoms with Crippen LogP contribution in [0.25, 0.3) is 0 Å². The van der Waals surface area contributed by atoms with Crippen molar-refractivity contribution in [1.29, 1.82) is 0 Å². The highest BCUT2D eigenvalue weighted by molar-refractivity contribution is 5.91. The van der Waals surface area contributed by atoms with Crippen molar-refractivity contribution >= 4 is 12.2 Å². The number of cyclic esters (lactones) is 1. The molecule has 4 nitrogen and oxygen atoms in total. The largest absolute Gasteiger partial charge is 0.497 e. The summed E-state index contributed by atoms with van der Waals surface area (Å²) in [7, 11) is 1.64. The summed E-state index contributed by atoms with van der Waals surface area (Å²) in [5, 5.41) is 0. The van der Waals surface area contributed by atoms with Crippen LogP contribution in [0.4, 0.5) is 0 Å². The zero-order valence-electron chi connectivity index (χ0n) is 9.76. The molecule has 0 bridgehead atoms. The number of nitrogens with zero attached hydrogens (tertiary/aromatic N) is 1. The van der Waals surface area contributed by atoms with Gasteiger partial charge in [-0.05, 0) is 24.1 Å². The van der Waals surface area contributed by atoms with Crippen LogP contribution in [0.5, 0.6) is 5.75 Å². The highest BCUT2D eigenvalue weighted by atomic mass is 16.5. The third-order valence-electron chi connectivity index (χ3n) is 2.69. The minimum absolute atomic E-state index is 0.159. The molecule has 1 fully saturated rings. The number of hydrogen-bond donors (Lipinski definition) is 0. The fourth-order valence-electron chi connectivity index (χ4n) is 1.66. The quantitative estimate of drug-likeness (QED) is 0.588. The molecule has 1 saturated heterocycles. The van der Waals surface area contributed by atoms with Crippen LogP contribution in [0.2, 0.25) is 0 Å². The Kier molecular flexibility index (Phi) is 3.75. The van der Waals surface area contributed by atoms with Gasteiger partial charge in [-0.3, -0.25) is 9.79 Å². The lowest BCUT2D eigenvalue weighted by Crippen LogP contribution is -2.08. The summed E-state index contributed by atoms with van der Waals surface area (Å²) in [5.74, 6) is 0.508. The molecule has 1 heterocycles. The molecule has 4 heteroatoms. The van der Waals surface area contributed by atoms with E-state index in [0.717, 1.165) is 17.7 Å². The second-order valence-corrected chi connectivity index (χ2v) is 3.90. The second kappa shape index (κ2) is 5.48. The van der Waals surface area contributed by atoms with Crippen molar-refractivity contribution in [2.45, 2.75) is 13.0 Å². The van der Waals surface area contributed by atoms with Crippen molar-refractivity contribution in [3.8, 4) is 5.75 Å². The fourth-order valence-corrected chi connectivity index (χ4v) is 1.66. The van der Waals surface area contributed by atoms with E-state index < -0.39 is 0 Å². The van der Waals surface area contributed by atoms with Gasteiger partial charge in [0.05, 0.1) is 26.2 Å². The summed E-state index contributed by atoms with van der Waals surface area (Å²) in [6.45, 7) is 1.09. The highest BCUT2D eigenvalue weighted by Crippen LogP contribution is 2.14. The van der Waals surface area contributed by atoms with Gasteiger partial charge in [-0.2, -0.15) is 0 Å². The Labute approximate surface area is 100 Å². The summed E-state index contributed by atoms with van der Waals surface area (Å²) in [5.41, 5.74) is 1.09. The molecule has 0 spiro atoms. The predicted molar refractivity (Wildman–Crippen MR) is 64.3 cm³/mol. The Balaban J connectivity index is 1.88. The summed E-state index contributed by atoms with van der Waals surface area (Å²) in [6, 6.07) is 7.72. The van der Waals surface area contributed by atoms with Crippen LogP contribution < -0.4 is 4.74 Å². The smallest absolute Gasteiger partial charge is 0.314 e. The van der Waals surface area contributed by atoms with E-state index in [0.29, 0.717) is 13.2 Å². The van der Waals surface area contributed by atoms with Crippen molar-refractivity contribution in [3.05, 3.63) is 29.8 Å². The molecule has 1 aromatic carbocycles. The van der Waals surface area contributed by atoms with E-state index in [2.05, 4.69) is 4.99 Å². The van der Waals surface area contributed by atoms with E-state index in [4.69, 9.17) is 9.47 Å². The van der Waals surface area contributed by atoms with Crippen molar-refractivity contribution in [2.24, 2.45) is 10.9 Å². The van der Waals surface area contributed by atoms with Crippen molar-refractivity contribution < 1.29 is 14.3 Å². The van der Waals surface area contributed by atoms with Crippen LogP contribution in [-0.2, 0) is 16.1 Å². The third-order valence-corrected chi connectivity index (χ3v) is 2.69. The number of rotatable bonds is 4. The van der Waals surface area contributed by atoms with Gasteiger partial charge in [-0.1, -0.05) is 12.1 Å². The summed E-state index contributed by atoms with van der Waals surface area (Å²) in [4.78, 5) is 15.4. The average molecular weight is 233 g/mol. The van der Waals surface area contributed by atoms with Crippen LogP contribution in [0, 0.1) is 5.92 Å². The zero-order chi connectivity index (χ0) is 12.1. The lowest BCUT2D eigenvalue weighted by Gasteiger charge is -2.01. The Morgan fingerprint density at radius 2 is 2.24 bits per heavy atom. The average Bonchev–Trinajstić information content (AvgIpc) is 2.76. The van der Waals surface area contributed by atoms with Gasteiger partial charge >= 0.3 is 5.97 Å². The number of esters is 1. The molecule has 1 aromatic rings. The van der Waals surface area contributed by atoms with Gasteiger partial charge < -0.3 is 9.47 Å². The standard InChI is InChI=1S/C13H15NO3/c1-16-12-4-2-10(3-5-12)8-14-9-11-6-7-17-13(11)15/h2-5,9,11H,6-8H2,1H3. The topological polar surface area (TPSA) is 47.9 Å². The first-order chi connectivity index (χ1) is 8.29. The second-order valence-electron chi connectivity index (χ2n) is 3.90. The van der Waals surface area contributed by atoms with E-state index >= 15 is 0 Å². The maximum atomic E-state index is 11.2. The Hall–Kier alpha value is -1.84. The van der Waals surface area contributed by atoms with Gasteiger partial charge in [0.15, 0.2) is 0 Å². The number of carbonyl (C=O) groups is 1. The molecule has 1 unspecified atom stereocenters. The molecule has 90 valence electrons. The number of aliphatic imine (C=N–C) groups is 1. The molecule has 2 rings (SSSR count). The van der Waals surface area contributed by atoms with Gasteiger partial charge in [0.25, 0.3) is 0 Å². The lowest BCUT2D eigenvalue weighted by molar-refractivity contribution is -0.139. The van der Waals surface area contributed by atoms with Crippen molar-refractivity contribution in [2.75, 3.05) is 13.7 Å². The third kappa shape index (κ3) is 3.06. The van der Waals surface area contributed by atoms with E-state index in [1.807, 2.05) is 24.3 Å². The monoisotopic (exact) mass is 233 g/mol. The van der Waals surface area contributed by atoms with Crippen LogP contribution >= 0.6 is 0 Å². The van der Waals surface area contributed by atoms with E-state index in [-0.39, 0.29) is 11.9 Å². The van der Waals surface area contributed by atoms with Crippen LogP contribution in [0.15, 0.2) is 29.3 Å². The SMILES string of the molecule is COc1ccc(CN=CC2CCOC2=O)cc1. The first-order valence-corrected chi connectivity index (χ1v) is 5.59. The van der Waals surface area contributed by atoms with Gasteiger partial charge in [0, 0.05) is 6.21 Å². The van der Waals surface area contributed by atoms with Crippen molar-refractivity contribution in [1.82, 2.24) is 0 Å². The molecule has 0 aromatic heterocycles. The van der Waals surface area contributed by atoms with E-state index in [9.17, 15) is 4.79 Å². The minimum atomic E-state index is -0.163. The van der Waals surface area contributed by atoms with Gasteiger partial charge in [0.1, 0.15) is 5.75 Å². The summed E-state index contributed by atoms with van der Waals surface area (Å²) >= 11 is 0. The molecule has 0 saturated carbocycles. The zero-order valence-corrected chi connectivity index (χ0v) is 9.76. The molecule has 0 aliphatic carbocycles. The molecule has 0 radical (unpaired) electrons. The molecule has 0 N–H and O–H groups in total. The molecular weight excluding hydrogens is 218 g/mol. The number of hydrogen-bond acceptors (Lipinski definition) is 4. The molecular formula is C13H15NO3. The predicted octanol–water partition coefficient (Wildman–Crippen LogP) is 1.83. The number of carbonyl (C=O) groups excluding carboxylic acids is 1. The molecule has 1 aliphatic heterocycles. The lowest BCUT2D eigenvalue weighted by atomic mass is 10.1. The molecule has 1 atom stereocenters. The molecule has 1 aliphatic rings. The van der Waals surface area contributed by atoms with Crippen LogP contribution in [-0.4, -0.2) is 25.9 Å². The maximum Gasteiger partial charge on any atom is 0.314 e. The van der Waals surface area contributed by atoms with Gasteiger partial charge in [-0.15, -0.1) is 0 Å². The number of benzene rings is 1. The van der Waals surface area contributed by atoms with E-state index in [1.54, 1.807) is 13.3 Å². The van der Waals surface area contributed by atoms with Gasteiger partial charge in [-0.25, -0.2) is 0 Å². The summed E-state index contributed by atoms with van der Waals surface area (Å²) < 4.78 is 9.92. The van der Waals surface area contributed by atoms with Crippen LogP contribution in [0.3, 0.4) is 0 Å². The molecule has 0 amide bonds. The van der Waals surface area contributed by atoms with Crippen molar-refractivity contribution in [3.63, 3.8) is 0 Å². The van der Waals surface area contributed by atoms with E-state index in [1.165, 1.54) is 0 Å². The first kappa shape index (κ1) is 11.6. The minimum Gasteiger partial charge on any atom is -0.497 e. The Bertz CT molecular complexity index is 411. The summed E-state index contributed by atoms with van der Waals surface area (Å²) in [6.07, 6.45) is 2.44. The first-order valence-electron chi connectivity index (χ1n) is 5.59. The maximum absolute atomic E-state index is 11.2.